The topological polar surface area (TPSA) is 72.7 Å². The highest BCUT2D eigenvalue weighted by Gasteiger charge is 1.99. The van der Waals surface area contributed by atoms with Crippen LogP contribution in [-0.2, 0) is 6.42 Å². The Kier molecular flexibility index (Phi) is 5.45. The lowest BCUT2D eigenvalue weighted by Gasteiger charge is -2.01. The Balaban J connectivity index is 0.00000144. The molecule has 0 aliphatic carbocycles. The summed E-state index contributed by atoms with van der Waals surface area (Å²) in [4.78, 5) is 0. The molecule has 13 heavy (non-hydrogen) atoms. The summed E-state index contributed by atoms with van der Waals surface area (Å²) in [5.41, 5.74) is 2.86. The minimum Gasteiger partial charge on any atom is -0.504 e. The number of rotatable bonds is 3. The number of nitrogens with one attached hydrogen (secondary N) is 1. The van der Waals surface area contributed by atoms with Crippen molar-refractivity contribution in [1.29, 1.82) is 0 Å². The first kappa shape index (κ1) is 12.2. The fourth-order valence-electron chi connectivity index (χ4n) is 0.925. The van der Waals surface area contributed by atoms with Crippen molar-refractivity contribution < 1.29 is 15.4 Å². The summed E-state index contributed by atoms with van der Waals surface area (Å²) in [6.45, 7) is 0.421. The van der Waals surface area contributed by atoms with Crippen LogP contribution in [0.5, 0.6) is 11.5 Å². The van der Waals surface area contributed by atoms with Gasteiger partial charge in [-0.1, -0.05) is 6.07 Å². The molecule has 0 saturated carbocycles. The van der Waals surface area contributed by atoms with Gasteiger partial charge in [0.05, 0.1) is 0 Å². The average molecular weight is 250 g/mol. The highest BCUT2D eigenvalue weighted by Crippen LogP contribution is 2.24. The van der Waals surface area contributed by atoms with Gasteiger partial charge in [0.15, 0.2) is 11.5 Å². The molecule has 0 atom stereocenters. The number of aromatic hydroxyl groups is 2. The summed E-state index contributed by atoms with van der Waals surface area (Å²) >= 11 is 0. The van der Waals surface area contributed by atoms with Crippen molar-refractivity contribution in [2.45, 2.75) is 6.42 Å². The standard InChI is InChI=1S/C8H11NO3.BrH/c10-7-2-1-6(3-4-9-12)5-8(7)11;/h1-2,5,9-12H,3-4H2;1H. The molecule has 0 bridgehead atoms. The third kappa shape index (κ3) is 3.63. The van der Waals surface area contributed by atoms with Gasteiger partial charge in [0.25, 0.3) is 0 Å². The molecule has 0 saturated heterocycles. The maximum absolute atomic E-state index is 9.07. The first-order chi connectivity index (χ1) is 5.74. The van der Waals surface area contributed by atoms with Crippen LogP contribution in [0.4, 0.5) is 0 Å². The zero-order valence-electron chi connectivity index (χ0n) is 6.90. The molecule has 0 aliphatic rings. The van der Waals surface area contributed by atoms with Crippen molar-refractivity contribution in [3.63, 3.8) is 0 Å². The molecule has 0 aliphatic heterocycles. The highest BCUT2D eigenvalue weighted by molar-refractivity contribution is 8.93. The molecule has 0 aromatic heterocycles. The van der Waals surface area contributed by atoms with Gasteiger partial charge in [-0.2, -0.15) is 0 Å². The number of benzene rings is 1. The second-order valence-corrected chi connectivity index (χ2v) is 2.48. The summed E-state index contributed by atoms with van der Waals surface area (Å²) in [7, 11) is 0. The van der Waals surface area contributed by atoms with Crippen molar-refractivity contribution in [1.82, 2.24) is 5.48 Å². The van der Waals surface area contributed by atoms with E-state index in [1.165, 1.54) is 12.1 Å². The zero-order valence-corrected chi connectivity index (χ0v) is 8.61. The predicted molar refractivity (Wildman–Crippen MR) is 53.6 cm³/mol. The summed E-state index contributed by atoms with van der Waals surface area (Å²) in [6, 6.07) is 4.57. The van der Waals surface area contributed by atoms with Gasteiger partial charge < -0.3 is 15.4 Å². The number of halogens is 1. The minimum atomic E-state index is -0.134. The lowest BCUT2D eigenvalue weighted by atomic mass is 10.1. The van der Waals surface area contributed by atoms with E-state index in [-0.39, 0.29) is 28.5 Å². The van der Waals surface area contributed by atoms with Gasteiger partial charge >= 0.3 is 0 Å². The van der Waals surface area contributed by atoms with E-state index in [0.717, 1.165) is 5.56 Å². The number of hydroxylamine groups is 1. The number of phenols is 2. The van der Waals surface area contributed by atoms with Crippen LogP contribution in [-0.4, -0.2) is 22.0 Å². The first-order valence-electron chi connectivity index (χ1n) is 3.62. The fourth-order valence-corrected chi connectivity index (χ4v) is 0.925. The quantitative estimate of drug-likeness (QED) is 0.480. The van der Waals surface area contributed by atoms with E-state index in [9.17, 15) is 0 Å². The molecule has 0 unspecified atom stereocenters. The van der Waals surface area contributed by atoms with Gasteiger partial charge in [0, 0.05) is 6.54 Å². The van der Waals surface area contributed by atoms with E-state index in [2.05, 4.69) is 0 Å². The predicted octanol–water partition coefficient (Wildman–Crippen LogP) is 1.20. The van der Waals surface area contributed by atoms with Crippen LogP contribution in [0.2, 0.25) is 0 Å². The summed E-state index contributed by atoms with van der Waals surface area (Å²) in [6.07, 6.45) is 0.602. The van der Waals surface area contributed by atoms with Crippen molar-refractivity contribution >= 4 is 17.0 Å². The summed E-state index contributed by atoms with van der Waals surface area (Å²) in [5, 5.41) is 26.3. The Morgan fingerprint density at radius 1 is 1.15 bits per heavy atom. The molecule has 0 radical (unpaired) electrons. The van der Waals surface area contributed by atoms with Crippen molar-refractivity contribution in [2.24, 2.45) is 0 Å². The Labute approximate surface area is 86.6 Å². The van der Waals surface area contributed by atoms with E-state index in [1.54, 1.807) is 6.07 Å². The molecule has 0 spiro atoms. The largest absolute Gasteiger partial charge is 0.504 e. The second-order valence-electron chi connectivity index (χ2n) is 2.48. The SMILES string of the molecule is Br.ONCCc1ccc(O)c(O)c1. The van der Waals surface area contributed by atoms with Crippen LogP contribution in [0.1, 0.15) is 5.56 Å². The molecule has 0 heterocycles. The van der Waals surface area contributed by atoms with E-state index in [0.29, 0.717) is 13.0 Å². The lowest BCUT2D eigenvalue weighted by Crippen LogP contribution is -2.10. The lowest BCUT2D eigenvalue weighted by molar-refractivity contribution is 0.168. The molecule has 1 aromatic carbocycles. The number of hydrogen-bond acceptors (Lipinski definition) is 4. The Morgan fingerprint density at radius 2 is 1.85 bits per heavy atom. The van der Waals surface area contributed by atoms with Crippen LogP contribution >= 0.6 is 17.0 Å². The molecule has 1 rings (SSSR count). The minimum absolute atomic E-state index is 0. The van der Waals surface area contributed by atoms with Gasteiger partial charge in [-0.05, 0) is 24.1 Å². The maximum Gasteiger partial charge on any atom is 0.157 e. The van der Waals surface area contributed by atoms with Crippen molar-refractivity contribution in [3.8, 4) is 11.5 Å². The molecule has 0 fully saturated rings. The van der Waals surface area contributed by atoms with Crippen molar-refractivity contribution in [2.75, 3.05) is 6.54 Å². The maximum atomic E-state index is 9.07. The van der Waals surface area contributed by atoms with Gasteiger partial charge in [-0.25, -0.2) is 5.48 Å². The van der Waals surface area contributed by atoms with Crippen LogP contribution in [0.3, 0.4) is 0 Å². The van der Waals surface area contributed by atoms with Gasteiger partial charge in [-0.15, -0.1) is 17.0 Å². The Morgan fingerprint density at radius 3 is 2.38 bits per heavy atom. The van der Waals surface area contributed by atoms with E-state index in [4.69, 9.17) is 15.4 Å². The highest BCUT2D eigenvalue weighted by atomic mass is 79.9. The molecule has 74 valence electrons. The second kappa shape index (κ2) is 5.80. The zero-order chi connectivity index (χ0) is 8.97. The van der Waals surface area contributed by atoms with Gasteiger partial charge in [0.1, 0.15) is 0 Å². The van der Waals surface area contributed by atoms with Crippen LogP contribution < -0.4 is 5.48 Å². The molecule has 1 aromatic rings. The fraction of sp³-hybridized carbons (Fsp3) is 0.250. The molecule has 0 amide bonds. The molecule has 4 N–H and O–H groups in total. The summed E-state index contributed by atoms with van der Waals surface area (Å²) in [5.74, 6) is -0.263. The first-order valence-corrected chi connectivity index (χ1v) is 3.62. The van der Waals surface area contributed by atoms with Crippen molar-refractivity contribution in [3.05, 3.63) is 23.8 Å². The normalized spacial score (nSPS) is 9.31. The molecular weight excluding hydrogens is 238 g/mol. The van der Waals surface area contributed by atoms with E-state index >= 15 is 0 Å². The van der Waals surface area contributed by atoms with Crippen LogP contribution in [0.15, 0.2) is 18.2 Å². The number of hydrogen-bond donors (Lipinski definition) is 4. The summed E-state index contributed by atoms with van der Waals surface area (Å²) < 4.78 is 0. The molecular formula is C8H12BrNO3. The third-order valence-electron chi connectivity index (χ3n) is 1.57. The Hall–Kier alpha value is -0.780. The van der Waals surface area contributed by atoms with Gasteiger partial charge in [0.2, 0.25) is 0 Å². The molecule has 5 heteroatoms. The Bertz CT molecular complexity index is 268. The third-order valence-corrected chi connectivity index (χ3v) is 1.57. The van der Waals surface area contributed by atoms with Crippen LogP contribution in [0, 0.1) is 0 Å². The van der Waals surface area contributed by atoms with Gasteiger partial charge in [-0.3, -0.25) is 0 Å². The average Bonchev–Trinajstić information content (AvgIpc) is 2.07. The van der Waals surface area contributed by atoms with E-state index in [1.807, 2.05) is 5.48 Å². The smallest absolute Gasteiger partial charge is 0.157 e. The van der Waals surface area contributed by atoms with Crippen LogP contribution in [0.25, 0.3) is 0 Å². The van der Waals surface area contributed by atoms with E-state index < -0.39 is 0 Å². The number of phenolic OH excluding ortho intramolecular Hbond substituents is 2. The monoisotopic (exact) mass is 249 g/mol. The molecule has 4 nitrogen and oxygen atoms in total.